The highest BCUT2D eigenvalue weighted by molar-refractivity contribution is 7.13. The molecule has 3 nitrogen and oxygen atoms in total. The molecule has 0 unspecified atom stereocenters. The lowest BCUT2D eigenvalue weighted by Crippen LogP contribution is -2.16. The van der Waals surface area contributed by atoms with E-state index in [9.17, 15) is 0 Å². The quantitative estimate of drug-likeness (QED) is 0.829. The SMILES string of the molecule is c1csc(-c2cnc(CNC3CC3)[nH]2)c1. The molecule has 0 aliphatic heterocycles. The molecule has 0 atom stereocenters. The Bertz CT molecular complexity index is 428. The Labute approximate surface area is 92.6 Å². The van der Waals surface area contributed by atoms with E-state index in [1.807, 2.05) is 6.20 Å². The van der Waals surface area contributed by atoms with Crippen LogP contribution >= 0.6 is 11.3 Å². The first-order valence-electron chi connectivity index (χ1n) is 5.23. The van der Waals surface area contributed by atoms with E-state index in [-0.39, 0.29) is 0 Å². The average Bonchev–Trinajstić information content (AvgIpc) is 2.78. The van der Waals surface area contributed by atoms with Gasteiger partial charge in [-0.3, -0.25) is 0 Å². The molecule has 0 spiro atoms. The van der Waals surface area contributed by atoms with Gasteiger partial charge in [0, 0.05) is 6.04 Å². The van der Waals surface area contributed by atoms with Crippen molar-refractivity contribution in [3.05, 3.63) is 29.5 Å². The van der Waals surface area contributed by atoms with Crippen molar-refractivity contribution in [2.45, 2.75) is 25.4 Å². The van der Waals surface area contributed by atoms with Crippen molar-refractivity contribution >= 4 is 11.3 Å². The minimum atomic E-state index is 0.736. The van der Waals surface area contributed by atoms with E-state index in [1.165, 1.54) is 17.7 Å². The molecule has 78 valence electrons. The highest BCUT2D eigenvalue weighted by atomic mass is 32.1. The van der Waals surface area contributed by atoms with Gasteiger partial charge >= 0.3 is 0 Å². The Morgan fingerprint density at radius 3 is 3.20 bits per heavy atom. The van der Waals surface area contributed by atoms with Crippen LogP contribution in [0.15, 0.2) is 23.7 Å². The molecular formula is C11H13N3S. The number of hydrogen-bond acceptors (Lipinski definition) is 3. The fourth-order valence-electron chi connectivity index (χ4n) is 1.54. The summed E-state index contributed by atoms with van der Waals surface area (Å²) in [6.07, 6.45) is 4.55. The Balaban J connectivity index is 1.69. The topological polar surface area (TPSA) is 40.7 Å². The number of aromatic amines is 1. The highest BCUT2D eigenvalue weighted by Gasteiger charge is 2.20. The zero-order chi connectivity index (χ0) is 10.1. The predicted molar refractivity (Wildman–Crippen MR) is 61.8 cm³/mol. The summed E-state index contributed by atoms with van der Waals surface area (Å²) in [5.74, 6) is 1.03. The molecule has 2 heterocycles. The Morgan fingerprint density at radius 1 is 1.53 bits per heavy atom. The van der Waals surface area contributed by atoms with Crippen LogP contribution in [0, 0.1) is 0 Å². The van der Waals surface area contributed by atoms with Gasteiger partial charge in [0.05, 0.1) is 23.3 Å². The van der Waals surface area contributed by atoms with Crippen molar-refractivity contribution in [1.29, 1.82) is 0 Å². The normalized spacial score (nSPS) is 15.7. The monoisotopic (exact) mass is 219 g/mol. The molecular weight excluding hydrogens is 206 g/mol. The van der Waals surface area contributed by atoms with Gasteiger partial charge in [-0.2, -0.15) is 0 Å². The molecule has 0 amide bonds. The summed E-state index contributed by atoms with van der Waals surface area (Å²) in [6.45, 7) is 0.857. The maximum Gasteiger partial charge on any atom is 0.120 e. The lowest BCUT2D eigenvalue weighted by atomic mass is 10.4. The van der Waals surface area contributed by atoms with Crippen molar-refractivity contribution in [2.75, 3.05) is 0 Å². The van der Waals surface area contributed by atoms with E-state index in [1.54, 1.807) is 11.3 Å². The summed E-state index contributed by atoms with van der Waals surface area (Å²) in [4.78, 5) is 8.95. The molecule has 3 rings (SSSR count). The number of rotatable bonds is 4. The molecule has 15 heavy (non-hydrogen) atoms. The minimum Gasteiger partial charge on any atom is -0.340 e. The van der Waals surface area contributed by atoms with Crippen LogP contribution < -0.4 is 5.32 Å². The largest absolute Gasteiger partial charge is 0.340 e. The Kier molecular flexibility index (Phi) is 2.31. The summed E-state index contributed by atoms with van der Waals surface area (Å²) >= 11 is 1.73. The third-order valence-electron chi connectivity index (χ3n) is 2.55. The number of hydrogen-bond donors (Lipinski definition) is 2. The molecule has 2 aromatic rings. The van der Waals surface area contributed by atoms with Crippen molar-refractivity contribution in [1.82, 2.24) is 15.3 Å². The standard InChI is InChI=1S/C11H13N3S/c1-2-10(15-5-1)9-6-13-11(14-9)7-12-8-3-4-8/h1-2,5-6,8,12H,3-4,7H2,(H,13,14). The van der Waals surface area contributed by atoms with Gasteiger partial charge in [0.25, 0.3) is 0 Å². The molecule has 1 aliphatic rings. The van der Waals surface area contributed by atoms with Crippen LogP contribution in [-0.4, -0.2) is 16.0 Å². The first kappa shape index (κ1) is 9.12. The molecule has 0 aromatic carbocycles. The third-order valence-corrected chi connectivity index (χ3v) is 3.45. The third kappa shape index (κ3) is 2.11. The van der Waals surface area contributed by atoms with Crippen LogP contribution in [0.2, 0.25) is 0 Å². The zero-order valence-electron chi connectivity index (χ0n) is 8.36. The van der Waals surface area contributed by atoms with Gasteiger partial charge in [-0.05, 0) is 24.3 Å². The van der Waals surface area contributed by atoms with Gasteiger partial charge in [0.2, 0.25) is 0 Å². The van der Waals surface area contributed by atoms with Crippen LogP contribution in [0.5, 0.6) is 0 Å². The van der Waals surface area contributed by atoms with Crippen molar-refractivity contribution in [3.63, 3.8) is 0 Å². The van der Waals surface area contributed by atoms with Crippen molar-refractivity contribution in [2.24, 2.45) is 0 Å². The number of aromatic nitrogens is 2. The smallest absolute Gasteiger partial charge is 0.120 e. The van der Waals surface area contributed by atoms with Gasteiger partial charge in [-0.15, -0.1) is 11.3 Å². The van der Waals surface area contributed by atoms with Crippen molar-refractivity contribution < 1.29 is 0 Å². The Morgan fingerprint density at radius 2 is 2.47 bits per heavy atom. The number of nitrogens with one attached hydrogen (secondary N) is 2. The molecule has 1 saturated carbocycles. The summed E-state index contributed by atoms with van der Waals surface area (Å²) in [7, 11) is 0. The lowest BCUT2D eigenvalue weighted by molar-refractivity contribution is 0.664. The molecule has 0 radical (unpaired) electrons. The van der Waals surface area contributed by atoms with Crippen LogP contribution in [0.4, 0.5) is 0 Å². The van der Waals surface area contributed by atoms with E-state index in [0.717, 1.165) is 24.1 Å². The Hall–Kier alpha value is -1.13. The highest BCUT2D eigenvalue weighted by Crippen LogP contribution is 2.23. The van der Waals surface area contributed by atoms with E-state index in [4.69, 9.17) is 0 Å². The predicted octanol–water partition coefficient (Wildman–Crippen LogP) is 2.39. The number of thiophene rings is 1. The summed E-state index contributed by atoms with van der Waals surface area (Å²) in [5.41, 5.74) is 1.12. The zero-order valence-corrected chi connectivity index (χ0v) is 9.18. The molecule has 0 saturated heterocycles. The molecule has 2 N–H and O–H groups in total. The second kappa shape index (κ2) is 3.79. The molecule has 1 aliphatic carbocycles. The first-order valence-corrected chi connectivity index (χ1v) is 6.11. The second-order valence-corrected chi connectivity index (χ2v) is 4.82. The molecule has 4 heteroatoms. The van der Waals surface area contributed by atoms with Crippen LogP contribution in [-0.2, 0) is 6.54 Å². The van der Waals surface area contributed by atoms with Crippen LogP contribution in [0.1, 0.15) is 18.7 Å². The summed E-state index contributed by atoms with van der Waals surface area (Å²) in [6, 6.07) is 4.90. The lowest BCUT2D eigenvalue weighted by Gasteiger charge is -1.97. The maximum absolute atomic E-state index is 4.36. The second-order valence-electron chi connectivity index (χ2n) is 3.88. The molecule has 2 aromatic heterocycles. The number of H-pyrrole nitrogens is 1. The van der Waals surface area contributed by atoms with Gasteiger partial charge in [-0.1, -0.05) is 6.07 Å². The van der Waals surface area contributed by atoms with Gasteiger partial charge in [0.1, 0.15) is 5.82 Å². The van der Waals surface area contributed by atoms with E-state index in [2.05, 4.69) is 32.8 Å². The number of nitrogens with zero attached hydrogens (tertiary/aromatic N) is 1. The first-order chi connectivity index (χ1) is 7.42. The van der Waals surface area contributed by atoms with Crippen LogP contribution in [0.3, 0.4) is 0 Å². The molecule has 0 bridgehead atoms. The fraction of sp³-hybridized carbons (Fsp3) is 0.364. The van der Waals surface area contributed by atoms with E-state index >= 15 is 0 Å². The molecule has 1 fully saturated rings. The van der Waals surface area contributed by atoms with Gasteiger partial charge < -0.3 is 10.3 Å². The van der Waals surface area contributed by atoms with Gasteiger partial charge in [-0.25, -0.2) is 4.98 Å². The minimum absolute atomic E-state index is 0.736. The maximum atomic E-state index is 4.36. The fourth-order valence-corrected chi connectivity index (χ4v) is 2.23. The van der Waals surface area contributed by atoms with Gasteiger partial charge in [0.15, 0.2) is 0 Å². The summed E-state index contributed by atoms with van der Waals surface area (Å²) in [5, 5.41) is 5.52. The summed E-state index contributed by atoms with van der Waals surface area (Å²) < 4.78 is 0. The van der Waals surface area contributed by atoms with Crippen LogP contribution in [0.25, 0.3) is 10.6 Å². The number of imidazole rings is 1. The van der Waals surface area contributed by atoms with E-state index in [0.29, 0.717) is 0 Å². The van der Waals surface area contributed by atoms with Crippen molar-refractivity contribution in [3.8, 4) is 10.6 Å². The van der Waals surface area contributed by atoms with E-state index < -0.39 is 0 Å². The average molecular weight is 219 g/mol.